The minimum Gasteiger partial charge on any atom is -0.481 e. The number of aliphatic hydroxyl groups excluding tert-OH is 1. The molecule has 0 unspecified atom stereocenters. The molecule has 0 saturated carbocycles. The van der Waals surface area contributed by atoms with Gasteiger partial charge in [0, 0.05) is 56.9 Å². The van der Waals surface area contributed by atoms with Crippen molar-refractivity contribution in [3.8, 4) is 11.1 Å². The highest BCUT2D eigenvalue weighted by atomic mass is 16.4. The van der Waals surface area contributed by atoms with Gasteiger partial charge in [0.1, 0.15) is 0 Å². The standard InChI is InChI=1S/C23H25N3O6/c1-12(28)26-18-10-25-17(20(26)19(23(31)32)16(18)11-27)8-7-15(22(25)30)13-5-4-6-14(9-13)21(29)24(2)3/h4-9,16,18-20,27H,10-11H2,1-3H3,(H,31,32)/t16-,18-,19+,20+/m0/s1. The Morgan fingerprint density at radius 2 is 1.88 bits per heavy atom. The van der Waals surface area contributed by atoms with Crippen LogP contribution < -0.4 is 5.56 Å². The Morgan fingerprint density at radius 1 is 1.16 bits per heavy atom. The van der Waals surface area contributed by atoms with Gasteiger partial charge >= 0.3 is 5.97 Å². The van der Waals surface area contributed by atoms with Crippen molar-refractivity contribution in [1.29, 1.82) is 0 Å². The summed E-state index contributed by atoms with van der Waals surface area (Å²) < 4.78 is 1.51. The number of hydrogen-bond donors (Lipinski definition) is 2. The van der Waals surface area contributed by atoms with Gasteiger partial charge in [-0.15, -0.1) is 0 Å². The molecule has 4 rings (SSSR count). The number of aliphatic hydroxyl groups is 1. The third-order valence-electron chi connectivity index (χ3n) is 6.52. The van der Waals surface area contributed by atoms with Crippen LogP contribution in [0.2, 0.25) is 0 Å². The molecule has 4 atom stereocenters. The number of fused-ring (bicyclic) bond motifs is 4. The Hall–Kier alpha value is -3.46. The fourth-order valence-electron chi connectivity index (χ4n) is 5.12. The summed E-state index contributed by atoms with van der Waals surface area (Å²) in [6, 6.07) is 8.64. The van der Waals surface area contributed by atoms with E-state index in [4.69, 9.17) is 0 Å². The van der Waals surface area contributed by atoms with E-state index in [0.717, 1.165) is 0 Å². The Morgan fingerprint density at radius 3 is 2.47 bits per heavy atom. The van der Waals surface area contributed by atoms with Gasteiger partial charge in [-0.05, 0) is 29.8 Å². The second-order valence-corrected chi connectivity index (χ2v) is 8.52. The van der Waals surface area contributed by atoms with Crippen LogP contribution in [0.15, 0.2) is 41.2 Å². The second-order valence-electron chi connectivity index (χ2n) is 8.52. The number of benzene rings is 1. The minimum absolute atomic E-state index is 0.101. The molecule has 2 amide bonds. The summed E-state index contributed by atoms with van der Waals surface area (Å²) in [6.45, 7) is 1.07. The number of amides is 2. The molecule has 0 radical (unpaired) electrons. The average Bonchev–Trinajstić information content (AvgIpc) is 3.01. The molecule has 0 aliphatic carbocycles. The lowest BCUT2D eigenvalue weighted by molar-refractivity contribution is -0.145. The summed E-state index contributed by atoms with van der Waals surface area (Å²) in [6.07, 6.45) is 0. The summed E-state index contributed by atoms with van der Waals surface area (Å²) in [5, 5.41) is 19.8. The van der Waals surface area contributed by atoms with E-state index in [1.807, 2.05) is 0 Å². The molecule has 9 nitrogen and oxygen atoms in total. The van der Waals surface area contributed by atoms with E-state index in [0.29, 0.717) is 22.4 Å². The molecule has 1 aromatic heterocycles. The monoisotopic (exact) mass is 439 g/mol. The molecule has 3 heterocycles. The highest BCUT2D eigenvalue weighted by molar-refractivity contribution is 5.95. The Bertz CT molecular complexity index is 1170. The van der Waals surface area contributed by atoms with Crippen molar-refractivity contribution in [2.24, 2.45) is 11.8 Å². The average molecular weight is 439 g/mol. The third-order valence-corrected chi connectivity index (χ3v) is 6.52. The first kappa shape index (κ1) is 21.8. The molecule has 2 aliphatic heterocycles. The molecular formula is C23H25N3O6. The molecule has 2 bridgehead atoms. The number of pyridine rings is 1. The van der Waals surface area contributed by atoms with Crippen LogP contribution in [0.3, 0.4) is 0 Å². The van der Waals surface area contributed by atoms with E-state index in [9.17, 15) is 29.4 Å². The van der Waals surface area contributed by atoms with E-state index in [-0.39, 0.29) is 23.9 Å². The maximum absolute atomic E-state index is 13.5. The van der Waals surface area contributed by atoms with Gasteiger partial charge in [0.05, 0.1) is 18.0 Å². The maximum Gasteiger partial charge on any atom is 0.309 e. The van der Waals surface area contributed by atoms with Crippen LogP contribution in [0, 0.1) is 11.8 Å². The summed E-state index contributed by atoms with van der Waals surface area (Å²) in [5.74, 6) is -3.27. The van der Waals surface area contributed by atoms with E-state index in [1.54, 1.807) is 50.5 Å². The Balaban J connectivity index is 1.85. The third kappa shape index (κ3) is 3.20. The highest BCUT2D eigenvalue weighted by Gasteiger charge is 2.57. The zero-order valence-corrected chi connectivity index (χ0v) is 18.1. The number of carboxylic acids is 1. The molecule has 2 aliphatic rings. The van der Waals surface area contributed by atoms with E-state index in [1.165, 1.54) is 21.3 Å². The lowest BCUT2D eigenvalue weighted by atomic mass is 9.87. The minimum atomic E-state index is -1.11. The molecular weight excluding hydrogens is 414 g/mol. The lowest BCUT2D eigenvalue weighted by Crippen LogP contribution is -2.48. The SMILES string of the molecule is CC(=O)N1[C@@H]2c3ccc(-c4cccc(C(=O)N(C)C)c4)c(=O)n3C[C@H]1[C@H](CO)[C@H]2C(=O)O. The Labute approximate surface area is 184 Å². The number of carbonyl (C=O) groups is 3. The molecule has 1 aromatic carbocycles. The molecule has 2 N–H and O–H groups in total. The van der Waals surface area contributed by atoms with Gasteiger partial charge in [-0.1, -0.05) is 12.1 Å². The van der Waals surface area contributed by atoms with Crippen LogP contribution in [0.1, 0.15) is 29.0 Å². The first-order valence-electron chi connectivity index (χ1n) is 10.4. The second kappa shape index (κ2) is 7.90. The number of aromatic nitrogens is 1. The first-order valence-corrected chi connectivity index (χ1v) is 10.4. The van der Waals surface area contributed by atoms with Crippen LogP contribution in [0.5, 0.6) is 0 Å². The quantitative estimate of drug-likeness (QED) is 0.728. The van der Waals surface area contributed by atoms with Gasteiger partial charge in [-0.25, -0.2) is 0 Å². The van der Waals surface area contributed by atoms with Gasteiger partial charge < -0.3 is 24.6 Å². The van der Waals surface area contributed by atoms with Crippen LogP contribution in [-0.2, 0) is 16.1 Å². The number of carboxylic acid groups (broad SMARTS) is 1. The fraction of sp³-hybridized carbons (Fsp3) is 0.391. The van der Waals surface area contributed by atoms with Gasteiger partial charge in [-0.3, -0.25) is 19.2 Å². The van der Waals surface area contributed by atoms with Gasteiger partial charge in [0.15, 0.2) is 0 Å². The number of aliphatic carboxylic acids is 1. The molecule has 1 fully saturated rings. The van der Waals surface area contributed by atoms with E-state index in [2.05, 4.69) is 0 Å². The van der Waals surface area contributed by atoms with Crippen LogP contribution in [-0.4, -0.2) is 69.1 Å². The smallest absolute Gasteiger partial charge is 0.309 e. The van der Waals surface area contributed by atoms with Crippen molar-refractivity contribution in [2.75, 3.05) is 20.7 Å². The summed E-state index contributed by atoms with van der Waals surface area (Å²) in [5.41, 5.74) is 1.52. The molecule has 9 heteroatoms. The first-order chi connectivity index (χ1) is 15.2. The zero-order chi connectivity index (χ0) is 23.3. The molecule has 1 saturated heterocycles. The van der Waals surface area contributed by atoms with E-state index < -0.39 is 36.5 Å². The molecule has 32 heavy (non-hydrogen) atoms. The van der Waals surface area contributed by atoms with Crippen LogP contribution in [0.4, 0.5) is 0 Å². The zero-order valence-electron chi connectivity index (χ0n) is 18.1. The van der Waals surface area contributed by atoms with Crippen molar-refractivity contribution in [1.82, 2.24) is 14.4 Å². The van der Waals surface area contributed by atoms with Crippen molar-refractivity contribution < 1.29 is 24.6 Å². The van der Waals surface area contributed by atoms with Crippen LogP contribution >= 0.6 is 0 Å². The van der Waals surface area contributed by atoms with Crippen molar-refractivity contribution in [2.45, 2.75) is 25.6 Å². The number of carbonyl (C=O) groups excluding carboxylic acids is 2. The number of hydrogen-bond acceptors (Lipinski definition) is 5. The highest BCUT2D eigenvalue weighted by Crippen LogP contribution is 2.48. The lowest BCUT2D eigenvalue weighted by Gasteiger charge is -2.37. The number of rotatable bonds is 4. The fourth-order valence-corrected chi connectivity index (χ4v) is 5.12. The predicted octanol–water partition coefficient (Wildman–Crippen LogP) is 0.812. The predicted molar refractivity (Wildman–Crippen MR) is 115 cm³/mol. The molecule has 0 spiro atoms. The topological polar surface area (TPSA) is 120 Å². The Kier molecular flexibility index (Phi) is 5.37. The van der Waals surface area contributed by atoms with Gasteiger partial charge in [-0.2, -0.15) is 0 Å². The van der Waals surface area contributed by atoms with E-state index >= 15 is 0 Å². The van der Waals surface area contributed by atoms with Gasteiger partial charge in [0.2, 0.25) is 5.91 Å². The molecule has 168 valence electrons. The van der Waals surface area contributed by atoms with Crippen molar-refractivity contribution in [3.63, 3.8) is 0 Å². The van der Waals surface area contributed by atoms with Crippen molar-refractivity contribution >= 4 is 17.8 Å². The maximum atomic E-state index is 13.5. The van der Waals surface area contributed by atoms with Gasteiger partial charge in [0.25, 0.3) is 11.5 Å². The summed E-state index contributed by atoms with van der Waals surface area (Å²) in [4.78, 5) is 53.1. The van der Waals surface area contributed by atoms with Crippen LogP contribution in [0.25, 0.3) is 11.1 Å². The summed E-state index contributed by atoms with van der Waals surface area (Å²) in [7, 11) is 3.30. The number of nitrogens with zero attached hydrogens (tertiary/aromatic N) is 3. The molecule has 2 aromatic rings. The largest absolute Gasteiger partial charge is 0.481 e. The van der Waals surface area contributed by atoms with Crippen molar-refractivity contribution in [3.05, 3.63) is 58.0 Å². The summed E-state index contributed by atoms with van der Waals surface area (Å²) >= 11 is 0. The normalized spacial score (nSPS) is 23.6.